The molecule has 1 atom stereocenters. The van der Waals surface area contributed by atoms with Crippen molar-refractivity contribution in [1.29, 1.82) is 0 Å². The molecule has 2 rings (SSSR count). The van der Waals surface area contributed by atoms with Crippen molar-refractivity contribution in [2.24, 2.45) is 0 Å². The number of nitrogens with zero attached hydrogens (tertiary/aromatic N) is 2. The maximum atomic E-state index is 10.7. The lowest BCUT2D eigenvalue weighted by Gasteiger charge is -2.17. The van der Waals surface area contributed by atoms with Crippen molar-refractivity contribution in [3.8, 4) is 5.75 Å². The molecule has 1 heterocycles. The first-order valence-electron chi connectivity index (χ1n) is 6.83. The highest BCUT2D eigenvalue weighted by Crippen LogP contribution is 2.31. The van der Waals surface area contributed by atoms with E-state index in [1.165, 1.54) is 0 Å². The molecule has 5 nitrogen and oxygen atoms in total. The van der Waals surface area contributed by atoms with E-state index in [9.17, 15) is 5.11 Å². The number of hydrogen-bond donors (Lipinski definition) is 1. The van der Waals surface area contributed by atoms with Crippen LogP contribution in [0.25, 0.3) is 0 Å². The van der Waals surface area contributed by atoms with Gasteiger partial charge in [0, 0.05) is 18.2 Å². The van der Waals surface area contributed by atoms with Gasteiger partial charge in [0.25, 0.3) is 0 Å². The van der Waals surface area contributed by atoms with E-state index in [0.29, 0.717) is 30.2 Å². The van der Waals surface area contributed by atoms with Crippen molar-refractivity contribution in [2.45, 2.75) is 20.0 Å². The zero-order valence-electron chi connectivity index (χ0n) is 12.5. The van der Waals surface area contributed by atoms with Crippen LogP contribution in [-0.2, 0) is 4.74 Å². The molecule has 0 fully saturated rings. The predicted molar refractivity (Wildman–Crippen MR) is 79.4 cm³/mol. The van der Waals surface area contributed by atoms with E-state index in [2.05, 4.69) is 10.2 Å². The molecule has 0 amide bonds. The van der Waals surface area contributed by atoms with Gasteiger partial charge in [0.05, 0.1) is 18.0 Å². The van der Waals surface area contributed by atoms with E-state index in [-0.39, 0.29) is 0 Å². The highest BCUT2D eigenvalue weighted by Gasteiger charge is 2.18. The third-order valence-electron chi connectivity index (χ3n) is 3.19. The number of hydrogen-bond acceptors (Lipinski definition) is 5. The molecule has 0 aliphatic carbocycles. The number of aliphatic hydroxyl groups is 1. The fourth-order valence-electron chi connectivity index (χ4n) is 2.09. The molecule has 2 aromatic rings. The minimum absolute atomic E-state index is 0.437. The van der Waals surface area contributed by atoms with Crippen molar-refractivity contribution >= 4 is 0 Å². The SMILES string of the molecule is COCCOc1ccccc1C(O)c1cc(C)nnc1C. The Morgan fingerprint density at radius 1 is 1.10 bits per heavy atom. The molecule has 1 unspecified atom stereocenters. The van der Waals surface area contributed by atoms with Gasteiger partial charge < -0.3 is 14.6 Å². The van der Waals surface area contributed by atoms with Crippen molar-refractivity contribution in [2.75, 3.05) is 20.3 Å². The maximum Gasteiger partial charge on any atom is 0.125 e. The summed E-state index contributed by atoms with van der Waals surface area (Å²) in [5, 5.41) is 18.7. The Morgan fingerprint density at radius 3 is 2.62 bits per heavy atom. The molecule has 0 aliphatic heterocycles. The van der Waals surface area contributed by atoms with Crippen LogP contribution < -0.4 is 4.74 Å². The molecule has 1 N–H and O–H groups in total. The molecule has 0 bridgehead atoms. The molecule has 21 heavy (non-hydrogen) atoms. The highest BCUT2D eigenvalue weighted by molar-refractivity contribution is 5.41. The number of aromatic nitrogens is 2. The Kier molecular flexibility index (Phi) is 5.25. The van der Waals surface area contributed by atoms with Crippen LogP contribution >= 0.6 is 0 Å². The molecule has 5 heteroatoms. The minimum Gasteiger partial charge on any atom is -0.491 e. The summed E-state index contributed by atoms with van der Waals surface area (Å²) < 4.78 is 10.6. The second kappa shape index (κ2) is 7.15. The summed E-state index contributed by atoms with van der Waals surface area (Å²) in [6.07, 6.45) is -0.794. The Balaban J connectivity index is 2.30. The first-order valence-corrected chi connectivity index (χ1v) is 6.83. The van der Waals surface area contributed by atoms with Crippen LogP contribution in [-0.4, -0.2) is 35.6 Å². The zero-order valence-corrected chi connectivity index (χ0v) is 12.5. The number of ether oxygens (including phenoxy) is 2. The zero-order chi connectivity index (χ0) is 15.2. The largest absolute Gasteiger partial charge is 0.491 e. The standard InChI is InChI=1S/C16H20N2O3/c1-11-10-14(12(2)18-17-11)16(19)13-6-4-5-7-15(13)21-9-8-20-3/h4-7,10,16,19H,8-9H2,1-3H3. The Hall–Kier alpha value is -1.98. The topological polar surface area (TPSA) is 64.5 Å². The van der Waals surface area contributed by atoms with E-state index in [1.54, 1.807) is 7.11 Å². The van der Waals surface area contributed by atoms with Crippen molar-refractivity contribution in [1.82, 2.24) is 10.2 Å². The van der Waals surface area contributed by atoms with Crippen LogP contribution in [0.1, 0.15) is 28.6 Å². The summed E-state index contributed by atoms with van der Waals surface area (Å²) in [5.41, 5.74) is 2.93. The van der Waals surface area contributed by atoms with Gasteiger partial charge in [-0.15, -0.1) is 0 Å². The Bertz CT molecular complexity index is 602. The minimum atomic E-state index is -0.794. The molecular weight excluding hydrogens is 268 g/mol. The van der Waals surface area contributed by atoms with Gasteiger partial charge in [0.15, 0.2) is 0 Å². The van der Waals surface area contributed by atoms with Crippen molar-refractivity contribution in [3.05, 3.63) is 52.8 Å². The summed E-state index contributed by atoms with van der Waals surface area (Å²) in [6.45, 7) is 4.62. The lowest BCUT2D eigenvalue weighted by Crippen LogP contribution is -2.10. The van der Waals surface area contributed by atoms with Gasteiger partial charge in [0.1, 0.15) is 18.5 Å². The molecule has 112 valence electrons. The van der Waals surface area contributed by atoms with Crippen LogP contribution in [0.4, 0.5) is 0 Å². The first kappa shape index (κ1) is 15.4. The van der Waals surface area contributed by atoms with Crippen LogP contribution in [0.15, 0.2) is 30.3 Å². The number of aryl methyl sites for hydroxylation is 2. The normalized spacial score (nSPS) is 12.2. The number of para-hydroxylation sites is 1. The Morgan fingerprint density at radius 2 is 1.86 bits per heavy atom. The summed E-state index contributed by atoms with van der Waals surface area (Å²) in [6, 6.07) is 9.28. The summed E-state index contributed by atoms with van der Waals surface area (Å²) in [4.78, 5) is 0. The molecule has 0 spiro atoms. The van der Waals surface area contributed by atoms with E-state index >= 15 is 0 Å². The monoisotopic (exact) mass is 288 g/mol. The number of benzene rings is 1. The fourth-order valence-corrected chi connectivity index (χ4v) is 2.09. The van der Waals surface area contributed by atoms with Gasteiger partial charge >= 0.3 is 0 Å². The molecule has 0 aliphatic rings. The van der Waals surface area contributed by atoms with E-state index in [4.69, 9.17) is 9.47 Å². The summed E-state index contributed by atoms with van der Waals surface area (Å²) in [5.74, 6) is 0.649. The van der Waals surface area contributed by atoms with Gasteiger partial charge in [-0.05, 0) is 26.0 Å². The number of rotatable bonds is 6. The second-order valence-corrected chi connectivity index (χ2v) is 4.81. The van der Waals surface area contributed by atoms with Crippen molar-refractivity contribution < 1.29 is 14.6 Å². The van der Waals surface area contributed by atoms with Crippen molar-refractivity contribution in [3.63, 3.8) is 0 Å². The smallest absolute Gasteiger partial charge is 0.125 e. The average molecular weight is 288 g/mol. The quantitative estimate of drug-likeness (QED) is 0.826. The maximum absolute atomic E-state index is 10.7. The predicted octanol–water partition coefficient (Wildman–Crippen LogP) is 2.20. The lowest BCUT2D eigenvalue weighted by atomic mass is 9.99. The van der Waals surface area contributed by atoms with Gasteiger partial charge in [-0.3, -0.25) is 0 Å². The van der Waals surface area contributed by atoms with Gasteiger partial charge in [-0.1, -0.05) is 18.2 Å². The first-order chi connectivity index (χ1) is 10.1. The molecule has 1 aromatic carbocycles. The second-order valence-electron chi connectivity index (χ2n) is 4.81. The van der Waals surface area contributed by atoms with E-state index in [1.807, 2.05) is 44.2 Å². The van der Waals surface area contributed by atoms with E-state index < -0.39 is 6.10 Å². The summed E-state index contributed by atoms with van der Waals surface area (Å²) >= 11 is 0. The highest BCUT2D eigenvalue weighted by atomic mass is 16.5. The average Bonchev–Trinajstić information content (AvgIpc) is 2.50. The third kappa shape index (κ3) is 3.77. The molecule has 0 radical (unpaired) electrons. The van der Waals surface area contributed by atoms with Gasteiger partial charge in [0.2, 0.25) is 0 Å². The molecule has 0 saturated heterocycles. The van der Waals surface area contributed by atoms with E-state index in [0.717, 1.165) is 11.3 Å². The molecule has 0 saturated carbocycles. The third-order valence-corrected chi connectivity index (χ3v) is 3.19. The molecular formula is C16H20N2O3. The number of methoxy groups -OCH3 is 1. The van der Waals surface area contributed by atoms with Crippen LogP contribution in [0.3, 0.4) is 0 Å². The van der Waals surface area contributed by atoms with Gasteiger partial charge in [-0.2, -0.15) is 10.2 Å². The van der Waals surface area contributed by atoms with Gasteiger partial charge in [-0.25, -0.2) is 0 Å². The lowest BCUT2D eigenvalue weighted by molar-refractivity contribution is 0.142. The fraction of sp³-hybridized carbons (Fsp3) is 0.375. The Labute approximate surface area is 124 Å². The van der Waals surface area contributed by atoms with Crippen LogP contribution in [0, 0.1) is 13.8 Å². The van der Waals surface area contributed by atoms with Crippen LogP contribution in [0.5, 0.6) is 5.75 Å². The summed E-state index contributed by atoms with van der Waals surface area (Å²) in [7, 11) is 1.62. The molecule has 1 aromatic heterocycles. The number of aliphatic hydroxyl groups excluding tert-OH is 1. The van der Waals surface area contributed by atoms with Crippen LogP contribution in [0.2, 0.25) is 0 Å².